The molecular formula is C33H24FN5O3. The van der Waals surface area contributed by atoms with Crippen LogP contribution < -0.4 is 10.2 Å². The Morgan fingerprint density at radius 1 is 1.00 bits per heavy atom. The van der Waals surface area contributed by atoms with Crippen molar-refractivity contribution in [1.29, 1.82) is 0 Å². The largest absolute Gasteiger partial charge is 0.451 e. The van der Waals surface area contributed by atoms with Gasteiger partial charge in [0.05, 0.1) is 17.1 Å². The second-order valence-electron chi connectivity index (χ2n) is 10.1. The Kier molecular flexibility index (Phi) is 6.12. The molecule has 0 spiro atoms. The van der Waals surface area contributed by atoms with Crippen molar-refractivity contribution >= 4 is 34.2 Å². The van der Waals surface area contributed by atoms with Crippen molar-refractivity contribution in [3.8, 4) is 22.6 Å². The van der Waals surface area contributed by atoms with E-state index in [0.29, 0.717) is 46.9 Å². The molecule has 0 saturated carbocycles. The van der Waals surface area contributed by atoms with E-state index in [-0.39, 0.29) is 17.4 Å². The Labute approximate surface area is 239 Å². The van der Waals surface area contributed by atoms with Crippen molar-refractivity contribution in [1.82, 2.24) is 15.0 Å². The first-order valence-electron chi connectivity index (χ1n) is 13.5. The Bertz CT molecular complexity index is 1990. The van der Waals surface area contributed by atoms with E-state index in [1.54, 1.807) is 42.3 Å². The van der Waals surface area contributed by atoms with Crippen molar-refractivity contribution in [3.05, 3.63) is 120 Å². The van der Waals surface area contributed by atoms with Crippen LogP contribution in [0.25, 0.3) is 33.6 Å². The van der Waals surface area contributed by atoms with Crippen molar-refractivity contribution in [3.63, 3.8) is 0 Å². The van der Waals surface area contributed by atoms with E-state index >= 15 is 0 Å². The lowest BCUT2D eigenvalue weighted by Gasteiger charge is -2.22. The van der Waals surface area contributed by atoms with Crippen LogP contribution in [-0.2, 0) is 6.42 Å². The summed E-state index contributed by atoms with van der Waals surface area (Å²) < 4.78 is 20.4. The number of hydrogen-bond acceptors (Lipinski definition) is 5. The number of H-pyrrole nitrogens is 1. The smallest absolute Gasteiger partial charge is 0.291 e. The molecule has 1 aliphatic heterocycles. The number of fused-ring (bicyclic) bond motifs is 4. The highest BCUT2D eigenvalue weighted by Crippen LogP contribution is 2.39. The van der Waals surface area contributed by atoms with Crippen LogP contribution in [0.5, 0.6) is 0 Å². The van der Waals surface area contributed by atoms with Gasteiger partial charge in [-0.05, 0) is 67.4 Å². The average Bonchev–Trinajstić information content (AvgIpc) is 3.61. The number of aromatic amines is 1. The number of pyridine rings is 2. The lowest BCUT2D eigenvalue weighted by Crippen LogP contribution is -2.33. The molecule has 2 aromatic carbocycles. The first-order chi connectivity index (χ1) is 20.5. The topological polar surface area (TPSA) is 104 Å². The maximum absolute atomic E-state index is 14.3. The van der Waals surface area contributed by atoms with Gasteiger partial charge >= 0.3 is 0 Å². The van der Waals surface area contributed by atoms with Crippen LogP contribution in [0.2, 0.25) is 0 Å². The fourth-order valence-corrected chi connectivity index (χ4v) is 5.39. The van der Waals surface area contributed by atoms with Crippen LogP contribution in [0.1, 0.15) is 32.2 Å². The molecular weight excluding hydrogens is 533 g/mol. The number of aromatic nitrogens is 3. The van der Waals surface area contributed by atoms with E-state index in [2.05, 4.69) is 15.3 Å². The van der Waals surface area contributed by atoms with E-state index in [1.165, 1.54) is 6.07 Å². The molecule has 0 atom stereocenters. The van der Waals surface area contributed by atoms with E-state index in [9.17, 15) is 14.0 Å². The van der Waals surface area contributed by atoms with Gasteiger partial charge in [-0.1, -0.05) is 30.3 Å². The normalized spacial score (nSPS) is 12.5. The van der Waals surface area contributed by atoms with Gasteiger partial charge in [0.15, 0.2) is 5.76 Å². The number of halogens is 1. The summed E-state index contributed by atoms with van der Waals surface area (Å²) in [5, 5.41) is 3.55. The van der Waals surface area contributed by atoms with Gasteiger partial charge in [0.2, 0.25) is 0 Å². The van der Waals surface area contributed by atoms with Gasteiger partial charge in [0.1, 0.15) is 22.9 Å². The number of anilines is 2. The number of aryl methyl sites for hydroxylation is 1. The zero-order chi connectivity index (χ0) is 28.8. The highest BCUT2D eigenvalue weighted by molar-refractivity contribution is 6.08. The van der Waals surface area contributed by atoms with E-state index in [1.807, 2.05) is 54.7 Å². The number of nitrogens with one attached hydrogen (secondary N) is 2. The zero-order valence-electron chi connectivity index (χ0n) is 22.5. The fourth-order valence-electron chi connectivity index (χ4n) is 5.39. The summed E-state index contributed by atoms with van der Waals surface area (Å²) in [6.45, 7) is 2.07. The van der Waals surface area contributed by atoms with E-state index < -0.39 is 11.7 Å². The molecule has 0 fully saturated rings. The van der Waals surface area contributed by atoms with Crippen molar-refractivity contribution < 1.29 is 18.4 Å². The summed E-state index contributed by atoms with van der Waals surface area (Å²) in [7, 11) is 0. The molecule has 0 saturated heterocycles. The molecule has 0 aliphatic carbocycles. The molecule has 4 aromatic heterocycles. The number of furan rings is 1. The van der Waals surface area contributed by atoms with Crippen LogP contribution >= 0.6 is 0 Å². The van der Waals surface area contributed by atoms with Crippen LogP contribution in [-0.4, -0.2) is 33.3 Å². The summed E-state index contributed by atoms with van der Waals surface area (Å²) >= 11 is 0. The maximum Gasteiger partial charge on any atom is 0.291 e. The molecule has 2 N–H and O–H groups in total. The summed E-state index contributed by atoms with van der Waals surface area (Å²) in [5.74, 6) is -0.741. The molecule has 6 aromatic rings. The second kappa shape index (κ2) is 10.1. The van der Waals surface area contributed by atoms with Crippen molar-refractivity contribution in [2.45, 2.75) is 13.3 Å². The Morgan fingerprint density at radius 2 is 1.86 bits per heavy atom. The van der Waals surface area contributed by atoms with Gasteiger partial charge < -0.3 is 19.6 Å². The van der Waals surface area contributed by atoms with Crippen molar-refractivity contribution in [2.75, 3.05) is 16.8 Å². The molecule has 0 unspecified atom stereocenters. The quantitative estimate of drug-likeness (QED) is 0.248. The third-order valence-electron chi connectivity index (χ3n) is 7.48. The predicted octanol–water partition coefficient (Wildman–Crippen LogP) is 6.79. The maximum atomic E-state index is 14.3. The summed E-state index contributed by atoms with van der Waals surface area (Å²) in [4.78, 5) is 40.9. The number of rotatable bonds is 4. The lowest BCUT2D eigenvalue weighted by molar-refractivity contribution is 0.0979. The highest BCUT2D eigenvalue weighted by atomic mass is 19.1. The summed E-state index contributed by atoms with van der Waals surface area (Å²) in [6, 6.07) is 22.9. The van der Waals surface area contributed by atoms with Gasteiger partial charge in [-0.15, -0.1) is 0 Å². The number of amides is 2. The van der Waals surface area contributed by atoms with Gasteiger partial charge in [-0.3, -0.25) is 9.59 Å². The van der Waals surface area contributed by atoms with Crippen molar-refractivity contribution in [2.24, 2.45) is 0 Å². The minimum atomic E-state index is -0.546. The first-order valence-corrected chi connectivity index (χ1v) is 13.5. The third kappa shape index (κ3) is 4.32. The number of carbonyl (C=O) groups is 2. The fraction of sp³-hybridized carbons (Fsp3) is 0.0909. The lowest BCUT2D eigenvalue weighted by atomic mass is 10.1. The highest BCUT2D eigenvalue weighted by Gasteiger charge is 2.29. The molecule has 2 amide bonds. The molecule has 0 bridgehead atoms. The zero-order valence-corrected chi connectivity index (χ0v) is 22.5. The van der Waals surface area contributed by atoms with E-state index in [4.69, 9.17) is 9.40 Å². The van der Waals surface area contributed by atoms with Crippen LogP contribution in [0, 0.1) is 12.7 Å². The molecule has 8 nitrogen and oxygen atoms in total. The molecule has 1 aliphatic rings. The van der Waals surface area contributed by atoms with Crippen LogP contribution in [0.3, 0.4) is 0 Å². The molecule has 5 heterocycles. The summed E-state index contributed by atoms with van der Waals surface area (Å²) in [5.41, 5.74) is 5.41. The Hall–Kier alpha value is -5.57. The Morgan fingerprint density at radius 3 is 2.74 bits per heavy atom. The average molecular weight is 558 g/mol. The first kappa shape index (κ1) is 25.4. The van der Waals surface area contributed by atoms with Gasteiger partial charge in [-0.2, -0.15) is 0 Å². The molecule has 42 heavy (non-hydrogen) atoms. The predicted molar refractivity (Wildman–Crippen MR) is 158 cm³/mol. The van der Waals surface area contributed by atoms with Crippen LogP contribution in [0.15, 0.2) is 95.7 Å². The Balaban J connectivity index is 1.21. The standard InChI is InChI=1S/C33H24FN5O3/c1-19-7-4-10-24(34)29(19)38-32(40)28-17-20-14-16-39(27-13-3-2-8-22(27)30(20)42-28)33(41)26-12-5-11-25(37-26)23-18-36-31-21(23)9-6-15-35-31/h2-13,15,17-18H,14,16H2,1H3,(H,35,36)(H,38,40). The molecule has 206 valence electrons. The number of nitrogens with zero attached hydrogens (tertiary/aromatic N) is 3. The van der Waals surface area contributed by atoms with Gasteiger partial charge in [0.25, 0.3) is 11.8 Å². The summed E-state index contributed by atoms with van der Waals surface area (Å²) in [6.07, 6.45) is 4.00. The molecule has 7 rings (SSSR count). The number of carbonyl (C=O) groups excluding carboxylic acids is 2. The number of hydrogen-bond donors (Lipinski definition) is 2. The SMILES string of the molecule is Cc1cccc(F)c1NC(=O)c1cc2c(o1)-c1ccccc1N(C(=O)c1cccc(-c3c[nH]c4ncccc34)n1)CC2. The van der Waals surface area contributed by atoms with Gasteiger partial charge in [-0.25, -0.2) is 14.4 Å². The number of para-hydroxylation sites is 2. The minimum absolute atomic E-state index is 0.0693. The van der Waals surface area contributed by atoms with E-state index in [0.717, 1.165) is 22.2 Å². The van der Waals surface area contributed by atoms with Crippen LogP contribution in [0.4, 0.5) is 15.8 Å². The second-order valence-corrected chi connectivity index (χ2v) is 10.1. The monoisotopic (exact) mass is 557 g/mol. The minimum Gasteiger partial charge on any atom is -0.451 e. The van der Waals surface area contributed by atoms with Gasteiger partial charge in [0, 0.05) is 41.0 Å². The number of benzene rings is 2. The third-order valence-corrected chi connectivity index (χ3v) is 7.48. The molecule has 9 heteroatoms. The molecule has 0 radical (unpaired) electrons.